The summed E-state index contributed by atoms with van der Waals surface area (Å²) in [4.78, 5) is 16.9. The molecule has 0 aromatic heterocycles. The Morgan fingerprint density at radius 1 is 1.12 bits per heavy atom. The Labute approximate surface area is 151 Å². The van der Waals surface area contributed by atoms with Gasteiger partial charge < -0.3 is 9.80 Å². The summed E-state index contributed by atoms with van der Waals surface area (Å²) in [6.07, 6.45) is 5.32. The quantitative estimate of drug-likeness (QED) is 0.685. The second kappa shape index (κ2) is 6.33. The molecule has 3 aliphatic rings. The third-order valence-corrected chi connectivity index (χ3v) is 5.22. The highest BCUT2D eigenvalue weighted by Gasteiger charge is 2.31. The fourth-order valence-corrected chi connectivity index (χ4v) is 3.65. The van der Waals surface area contributed by atoms with E-state index in [2.05, 4.69) is 75.1 Å². The lowest BCUT2D eigenvalue weighted by Crippen LogP contribution is -2.52. The maximum atomic E-state index is 5.00. The topological polar surface area (TPSA) is 34.4 Å². The van der Waals surface area contributed by atoms with Gasteiger partial charge in [-0.2, -0.15) is 0 Å². The smallest absolute Gasteiger partial charge is 0.176 e. The highest BCUT2D eigenvalue weighted by Crippen LogP contribution is 2.37. The zero-order valence-corrected chi connectivity index (χ0v) is 15.7. The first kappa shape index (κ1) is 15.8. The molecular formula is C18H22BrN5. The number of halogens is 1. The fraction of sp³-hybridized carbons (Fsp3) is 0.444. The van der Waals surface area contributed by atoms with E-state index < -0.39 is 0 Å². The van der Waals surface area contributed by atoms with Crippen molar-refractivity contribution in [3.05, 3.63) is 34.9 Å². The minimum absolute atomic E-state index is 0.274. The molecule has 4 rings (SSSR count). The van der Waals surface area contributed by atoms with E-state index in [1.807, 2.05) is 0 Å². The first-order valence-corrected chi connectivity index (χ1v) is 9.27. The molecule has 0 spiro atoms. The van der Waals surface area contributed by atoms with Gasteiger partial charge in [0.05, 0.1) is 17.4 Å². The van der Waals surface area contributed by atoms with Crippen LogP contribution in [0.1, 0.15) is 13.3 Å². The Morgan fingerprint density at radius 3 is 2.71 bits per heavy atom. The average molecular weight is 388 g/mol. The lowest BCUT2D eigenvalue weighted by Gasteiger charge is -2.38. The maximum Gasteiger partial charge on any atom is 0.176 e. The van der Waals surface area contributed by atoms with Gasteiger partial charge in [0.2, 0.25) is 0 Å². The Balaban J connectivity index is 1.81. The second-order valence-corrected chi connectivity index (χ2v) is 7.57. The summed E-state index contributed by atoms with van der Waals surface area (Å²) in [5, 5.41) is 0. The van der Waals surface area contributed by atoms with Crippen LogP contribution in [0, 0.1) is 0 Å². The van der Waals surface area contributed by atoms with Crippen molar-refractivity contribution in [2.45, 2.75) is 19.4 Å². The highest BCUT2D eigenvalue weighted by atomic mass is 79.9. The van der Waals surface area contributed by atoms with E-state index in [0.717, 1.165) is 60.1 Å². The van der Waals surface area contributed by atoms with Gasteiger partial charge >= 0.3 is 0 Å². The van der Waals surface area contributed by atoms with Gasteiger partial charge in [-0.05, 0) is 38.6 Å². The number of hydrogen-bond acceptors (Lipinski definition) is 5. The zero-order chi connectivity index (χ0) is 16.7. The first-order chi connectivity index (χ1) is 11.6. The molecular weight excluding hydrogens is 366 g/mol. The van der Waals surface area contributed by atoms with Crippen LogP contribution in [-0.2, 0) is 0 Å². The number of likely N-dealkylation sites (N-methyl/N-ethyl adjacent to an activating group) is 1. The Kier molecular flexibility index (Phi) is 4.18. The van der Waals surface area contributed by atoms with E-state index in [9.17, 15) is 0 Å². The summed E-state index contributed by atoms with van der Waals surface area (Å²) in [5.74, 6) is 1.99. The minimum Gasteiger partial charge on any atom is -0.351 e. The number of rotatable bonds is 0. The molecule has 1 saturated heterocycles. The largest absolute Gasteiger partial charge is 0.351 e. The Bertz CT molecular complexity index is 731. The molecule has 6 heteroatoms. The summed E-state index contributed by atoms with van der Waals surface area (Å²) in [7, 11) is 2.17. The van der Waals surface area contributed by atoms with Gasteiger partial charge in [0.15, 0.2) is 11.7 Å². The van der Waals surface area contributed by atoms with Gasteiger partial charge in [0.1, 0.15) is 0 Å². The van der Waals surface area contributed by atoms with Crippen LogP contribution in [-0.4, -0.2) is 60.7 Å². The van der Waals surface area contributed by atoms with Crippen molar-refractivity contribution < 1.29 is 0 Å². The Morgan fingerprint density at radius 2 is 1.92 bits per heavy atom. The SMILES string of the molecule is CC1CC=CN2C(=N1)C(N1CCN(C)CC1)=Nc1cc(Br)ccc12. The molecule has 0 bridgehead atoms. The van der Waals surface area contributed by atoms with E-state index >= 15 is 0 Å². The number of benzene rings is 1. The highest BCUT2D eigenvalue weighted by molar-refractivity contribution is 9.10. The van der Waals surface area contributed by atoms with E-state index in [-0.39, 0.29) is 6.04 Å². The fourth-order valence-electron chi connectivity index (χ4n) is 3.30. The molecule has 5 nitrogen and oxygen atoms in total. The molecule has 126 valence electrons. The average Bonchev–Trinajstić information content (AvgIpc) is 2.76. The van der Waals surface area contributed by atoms with Crippen molar-refractivity contribution in [1.82, 2.24) is 9.80 Å². The van der Waals surface area contributed by atoms with Crippen molar-refractivity contribution in [2.24, 2.45) is 9.98 Å². The molecule has 1 unspecified atom stereocenters. The molecule has 24 heavy (non-hydrogen) atoms. The molecule has 3 heterocycles. The number of piperazine rings is 1. The van der Waals surface area contributed by atoms with Crippen molar-refractivity contribution in [3.8, 4) is 0 Å². The van der Waals surface area contributed by atoms with Crippen molar-refractivity contribution in [1.29, 1.82) is 0 Å². The van der Waals surface area contributed by atoms with Gasteiger partial charge in [-0.3, -0.25) is 9.89 Å². The molecule has 0 aliphatic carbocycles. The predicted octanol–water partition coefficient (Wildman–Crippen LogP) is 3.25. The predicted molar refractivity (Wildman–Crippen MR) is 103 cm³/mol. The van der Waals surface area contributed by atoms with Crippen LogP contribution in [0.2, 0.25) is 0 Å². The van der Waals surface area contributed by atoms with E-state index in [4.69, 9.17) is 9.98 Å². The summed E-state index contributed by atoms with van der Waals surface area (Å²) in [5.41, 5.74) is 2.09. The summed E-state index contributed by atoms with van der Waals surface area (Å²) in [6, 6.07) is 6.54. The van der Waals surface area contributed by atoms with Crippen LogP contribution in [0.4, 0.5) is 11.4 Å². The molecule has 1 aromatic rings. The molecule has 1 aromatic carbocycles. The summed E-state index contributed by atoms with van der Waals surface area (Å²) < 4.78 is 1.05. The van der Waals surface area contributed by atoms with Gasteiger partial charge in [0.25, 0.3) is 0 Å². The van der Waals surface area contributed by atoms with Crippen LogP contribution < -0.4 is 4.90 Å². The van der Waals surface area contributed by atoms with Crippen molar-refractivity contribution in [3.63, 3.8) is 0 Å². The summed E-state index contributed by atoms with van der Waals surface area (Å²) >= 11 is 3.57. The lowest BCUT2D eigenvalue weighted by atomic mass is 10.2. The van der Waals surface area contributed by atoms with Crippen LogP contribution in [0.3, 0.4) is 0 Å². The Hall–Kier alpha value is -1.66. The molecule has 0 saturated carbocycles. The molecule has 0 radical (unpaired) electrons. The van der Waals surface area contributed by atoms with Crippen LogP contribution in [0.15, 0.2) is 44.9 Å². The van der Waals surface area contributed by atoms with Gasteiger partial charge in [-0.25, -0.2) is 4.99 Å². The van der Waals surface area contributed by atoms with Crippen molar-refractivity contribution >= 4 is 39.0 Å². The standard InChI is InChI=1S/C18H22BrN5/c1-13-4-3-7-24-16-6-5-14(19)12-15(16)21-17(18(24)20-13)23-10-8-22(2)9-11-23/h3,5-7,12-13H,4,8-11H2,1-2H3. The van der Waals surface area contributed by atoms with Gasteiger partial charge in [-0.1, -0.05) is 22.0 Å². The first-order valence-electron chi connectivity index (χ1n) is 8.47. The number of nitrogens with zero attached hydrogens (tertiary/aromatic N) is 5. The molecule has 1 fully saturated rings. The maximum absolute atomic E-state index is 5.00. The molecule has 3 aliphatic heterocycles. The normalized spacial score (nSPS) is 24.0. The monoisotopic (exact) mass is 387 g/mol. The number of aliphatic imine (C=N–C) groups is 2. The number of amidine groups is 2. The lowest BCUT2D eigenvalue weighted by molar-refractivity contribution is 0.217. The number of hydrogen-bond donors (Lipinski definition) is 0. The van der Waals surface area contributed by atoms with Crippen LogP contribution in [0.5, 0.6) is 0 Å². The second-order valence-electron chi connectivity index (χ2n) is 6.65. The van der Waals surface area contributed by atoms with E-state index in [1.54, 1.807) is 0 Å². The van der Waals surface area contributed by atoms with Crippen LogP contribution in [0.25, 0.3) is 0 Å². The zero-order valence-electron chi connectivity index (χ0n) is 14.1. The number of fused-ring (bicyclic) bond motifs is 3. The van der Waals surface area contributed by atoms with Crippen LogP contribution >= 0.6 is 15.9 Å². The van der Waals surface area contributed by atoms with Gasteiger partial charge in [0, 0.05) is 36.9 Å². The minimum atomic E-state index is 0.274. The molecule has 0 amide bonds. The van der Waals surface area contributed by atoms with Crippen molar-refractivity contribution in [2.75, 3.05) is 38.1 Å². The molecule has 0 N–H and O–H groups in total. The third kappa shape index (κ3) is 2.89. The van der Waals surface area contributed by atoms with E-state index in [1.165, 1.54) is 0 Å². The molecule has 1 atom stereocenters. The van der Waals surface area contributed by atoms with E-state index in [0.29, 0.717) is 0 Å². The number of anilines is 1. The third-order valence-electron chi connectivity index (χ3n) is 4.73. The summed E-state index contributed by atoms with van der Waals surface area (Å²) in [6.45, 7) is 6.26. The van der Waals surface area contributed by atoms with Gasteiger partial charge in [-0.15, -0.1) is 0 Å².